The molecule has 0 aliphatic rings. The molecule has 0 atom stereocenters. The van der Waals surface area contributed by atoms with Gasteiger partial charge < -0.3 is 9.80 Å². The molecule has 0 N–H and O–H groups in total. The van der Waals surface area contributed by atoms with Crippen LogP contribution in [0.3, 0.4) is 0 Å². The van der Waals surface area contributed by atoms with Crippen LogP contribution < -0.4 is 0 Å². The summed E-state index contributed by atoms with van der Waals surface area (Å²) in [5, 5.41) is 0. The molecule has 0 spiro atoms. The molecule has 0 radical (unpaired) electrons. The van der Waals surface area contributed by atoms with E-state index in [4.69, 9.17) is 0 Å². The van der Waals surface area contributed by atoms with Gasteiger partial charge in [-0.1, -0.05) is 73.5 Å². The summed E-state index contributed by atoms with van der Waals surface area (Å²) in [7, 11) is 0. The lowest BCUT2D eigenvalue weighted by Crippen LogP contribution is -2.27. The zero-order valence-corrected chi connectivity index (χ0v) is 22.6. The Kier molecular flexibility index (Phi) is 12.5. The SMILES string of the molecule is CCN(/C=C(\C(=O)C(F)(F)F)c1ccccc1)CCCCCCN(/C=C(\C(=O)C(F)(F)F)c1ccccc1)CC. The zero-order valence-electron chi connectivity index (χ0n) is 22.6. The lowest BCUT2D eigenvalue weighted by atomic mass is 10.0. The molecule has 0 unspecified atom stereocenters. The fourth-order valence-corrected chi connectivity index (χ4v) is 4.05. The van der Waals surface area contributed by atoms with Crippen LogP contribution in [0, 0.1) is 0 Å². The molecule has 0 saturated carbocycles. The van der Waals surface area contributed by atoms with Crippen LogP contribution in [0.2, 0.25) is 0 Å². The Hall–Kier alpha value is -3.56. The second-order valence-electron chi connectivity index (χ2n) is 9.14. The van der Waals surface area contributed by atoms with E-state index in [2.05, 4.69) is 0 Å². The van der Waals surface area contributed by atoms with E-state index in [-0.39, 0.29) is 11.1 Å². The summed E-state index contributed by atoms with van der Waals surface area (Å²) in [6, 6.07) is 15.4. The number of unbranched alkanes of at least 4 members (excludes halogenated alkanes) is 3. The summed E-state index contributed by atoms with van der Waals surface area (Å²) >= 11 is 0. The van der Waals surface area contributed by atoms with Crippen molar-refractivity contribution in [2.45, 2.75) is 51.9 Å². The largest absolute Gasteiger partial charge is 0.454 e. The summed E-state index contributed by atoms with van der Waals surface area (Å²) in [6.45, 7) is 5.27. The average molecular weight is 569 g/mol. The molecule has 0 aliphatic heterocycles. The zero-order chi connectivity index (χ0) is 29.8. The van der Waals surface area contributed by atoms with Crippen LogP contribution in [0.15, 0.2) is 73.1 Å². The monoisotopic (exact) mass is 568 g/mol. The Bertz CT molecular complexity index is 1050. The van der Waals surface area contributed by atoms with Crippen molar-refractivity contribution in [2.75, 3.05) is 26.2 Å². The first kappa shape index (κ1) is 32.7. The molecule has 0 aromatic heterocycles. The molecule has 0 heterocycles. The summed E-state index contributed by atoms with van der Waals surface area (Å²) in [6.07, 6.45) is -4.71. The van der Waals surface area contributed by atoms with Crippen molar-refractivity contribution >= 4 is 22.7 Å². The lowest BCUT2D eigenvalue weighted by Gasteiger charge is -2.22. The smallest absolute Gasteiger partial charge is 0.377 e. The Balaban J connectivity index is 1.98. The average Bonchev–Trinajstić information content (AvgIpc) is 2.93. The number of nitrogens with zero attached hydrogens (tertiary/aromatic N) is 2. The van der Waals surface area contributed by atoms with Gasteiger partial charge in [0.15, 0.2) is 0 Å². The molecule has 0 fully saturated rings. The number of halogens is 6. The van der Waals surface area contributed by atoms with Crippen molar-refractivity contribution in [3.63, 3.8) is 0 Å². The van der Waals surface area contributed by atoms with Crippen molar-refractivity contribution in [1.29, 1.82) is 0 Å². The van der Waals surface area contributed by atoms with E-state index in [1.54, 1.807) is 60.0 Å². The molecule has 0 amide bonds. The van der Waals surface area contributed by atoms with Crippen molar-refractivity contribution in [1.82, 2.24) is 9.80 Å². The summed E-state index contributed by atoms with van der Waals surface area (Å²) in [5.41, 5.74) is -0.448. The minimum atomic E-state index is -4.99. The van der Waals surface area contributed by atoms with Crippen LogP contribution in [0.4, 0.5) is 26.3 Å². The van der Waals surface area contributed by atoms with Gasteiger partial charge in [0.25, 0.3) is 11.6 Å². The van der Waals surface area contributed by atoms with E-state index >= 15 is 0 Å². The predicted octanol–water partition coefficient (Wildman–Crippen LogP) is 7.54. The summed E-state index contributed by atoms with van der Waals surface area (Å²) in [4.78, 5) is 27.5. The Labute approximate surface area is 231 Å². The number of hydrogen-bond donors (Lipinski definition) is 0. The molecule has 2 aromatic carbocycles. The maximum Gasteiger partial charge on any atom is 0.454 e. The van der Waals surface area contributed by atoms with Crippen LogP contribution in [0.25, 0.3) is 11.1 Å². The molecule has 10 heteroatoms. The second kappa shape index (κ2) is 15.3. The normalized spacial score (nSPS) is 12.8. The summed E-state index contributed by atoms with van der Waals surface area (Å²) < 4.78 is 79.3. The second-order valence-corrected chi connectivity index (χ2v) is 9.14. The minimum absolute atomic E-state index is 0.190. The third kappa shape index (κ3) is 10.2. The maximum atomic E-state index is 13.2. The first-order valence-electron chi connectivity index (χ1n) is 13.1. The van der Waals surface area contributed by atoms with Crippen LogP contribution in [0.1, 0.15) is 50.7 Å². The minimum Gasteiger partial charge on any atom is -0.377 e. The van der Waals surface area contributed by atoms with E-state index in [0.29, 0.717) is 39.0 Å². The van der Waals surface area contributed by atoms with Gasteiger partial charge in [0.05, 0.1) is 11.1 Å². The van der Waals surface area contributed by atoms with Crippen LogP contribution in [-0.4, -0.2) is 59.9 Å². The van der Waals surface area contributed by atoms with Gasteiger partial charge in [-0.3, -0.25) is 9.59 Å². The molecule has 2 aromatic rings. The molecule has 0 bridgehead atoms. The number of rotatable bonds is 15. The molecule has 0 saturated heterocycles. The quantitative estimate of drug-likeness (QED) is 0.127. The van der Waals surface area contributed by atoms with Crippen LogP contribution in [-0.2, 0) is 9.59 Å². The first-order valence-corrected chi connectivity index (χ1v) is 13.1. The van der Waals surface area contributed by atoms with Gasteiger partial charge in [0, 0.05) is 38.6 Å². The van der Waals surface area contributed by atoms with Gasteiger partial charge >= 0.3 is 12.4 Å². The van der Waals surface area contributed by atoms with Crippen molar-refractivity contribution in [2.24, 2.45) is 0 Å². The van der Waals surface area contributed by atoms with Gasteiger partial charge in [0.2, 0.25) is 0 Å². The Morgan fingerprint density at radius 2 is 0.925 bits per heavy atom. The number of carbonyl (C=O) groups excluding carboxylic acids is 2. The van der Waals surface area contributed by atoms with E-state index in [1.165, 1.54) is 36.7 Å². The van der Waals surface area contributed by atoms with E-state index in [9.17, 15) is 35.9 Å². The fraction of sp³-hybridized carbons (Fsp3) is 0.400. The molecule has 2 rings (SSSR count). The molecular formula is C30H34F6N2O2. The molecule has 4 nitrogen and oxygen atoms in total. The van der Waals surface area contributed by atoms with Gasteiger partial charge in [-0.25, -0.2) is 0 Å². The standard InChI is InChI=1S/C30H34F6N2O2/c1-3-37(21-25(27(39)29(31,32)33)23-15-9-7-10-16-23)19-13-5-6-14-20-38(4-2)22-26(28(40)30(34,35)36)24-17-11-8-12-18-24/h7-12,15-18,21-22H,3-6,13-14,19-20H2,1-2H3/b25-21-,26-22-. The Morgan fingerprint density at radius 3 is 1.20 bits per heavy atom. The predicted molar refractivity (Wildman–Crippen MR) is 144 cm³/mol. The van der Waals surface area contributed by atoms with Gasteiger partial charge in [-0.15, -0.1) is 0 Å². The van der Waals surface area contributed by atoms with Gasteiger partial charge in [-0.05, 0) is 37.8 Å². The number of Topliss-reactive ketones (excluding diaryl/α,β-unsaturated/α-hetero) is 2. The topological polar surface area (TPSA) is 40.6 Å². The number of alkyl halides is 6. The third-order valence-electron chi connectivity index (χ3n) is 6.25. The molecule has 40 heavy (non-hydrogen) atoms. The molecular weight excluding hydrogens is 534 g/mol. The first-order chi connectivity index (χ1) is 18.9. The van der Waals surface area contributed by atoms with E-state index in [1.807, 2.05) is 0 Å². The molecule has 218 valence electrons. The number of ketones is 2. The van der Waals surface area contributed by atoms with Gasteiger partial charge in [0.1, 0.15) is 0 Å². The van der Waals surface area contributed by atoms with Crippen molar-refractivity contribution in [3.05, 3.63) is 84.2 Å². The lowest BCUT2D eigenvalue weighted by molar-refractivity contribution is -0.164. The molecule has 0 aliphatic carbocycles. The number of benzene rings is 2. The highest BCUT2D eigenvalue weighted by Crippen LogP contribution is 2.28. The third-order valence-corrected chi connectivity index (χ3v) is 6.25. The maximum absolute atomic E-state index is 13.2. The number of carbonyl (C=O) groups is 2. The number of hydrogen-bond acceptors (Lipinski definition) is 4. The highest BCUT2D eigenvalue weighted by Gasteiger charge is 2.42. The van der Waals surface area contributed by atoms with Crippen molar-refractivity contribution in [3.8, 4) is 0 Å². The fourth-order valence-electron chi connectivity index (χ4n) is 4.05. The highest BCUT2D eigenvalue weighted by atomic mass is 19.4. The Morgan fingerprint density at radius 1 is 0.600 bits per heavy atom. The summed E-state index contributed by atoms with van der Waals surface area (Å²) in [5.74, 6) is -3.80. The van der Waals surface area contributed by atoms with Crippen LogP contribution >= 0.6 is 0 Å². The number of allylic oxidation sites excluding steroid dienone is 2. The van der Waals surface area contributed by atoms with Crippen LogP contribution in [0.5, 0.6) is 0 Å². The van der Waals surface area contributed by atoms with Gasteiger partial charge in [-0.2, -0.15) is 26.3 Å². The van der Waals surface area contributed by atoms with E-state index < -0.39 is 35.1 Å². The van der Waals surface area contributed by atoms with E-state index in [0.717, 1.165) is 12.8 Å². The van der Waals surface area contributed by atoms with Crippen molar-refractivity contribution < 1.29 is 35.9 Å². The highest BCUT2D eigenvalue weighted by molar-refractivity contribution is 6.23.